The molecule has 0 aliphatic heterocycles. The third-order valence-electron chi connectivity index (χ3n) is 3.04. The van der Waals surface area contributed by atoms with E-state index >= 15 is 0 Å². The Labute approximate surface area is 115 Å². The molecule has 0 heterocycles. The molecular weight excluding hydrogens is 240 g/mol. The Balaban J connectivity index is 2.64. The average molecular weight is 262 g/mol. The van der Waals surface area contributed by atoms with Crippen LogP contribution in [0.4, 0.5) is 0 Å². The van der Waals surface area contributed by atoms with Crippen LogP contribution in [-0.2, 0) is 11.3 Å². The van der Waals surface area contributed by atoms with Crippen LogP contribution in [0.5, 0.6) is 5.75 Å². The number of nitrogens with one attached hydrogen (secondary N) is 1. The third kappa shape index (κ3) is 4.90. The van der Waals surface area contributed by atoms with E-state index in [4.69, 9.17) is 14.7 Å². The van der Waals surface area contributed by atoms with Gasteiger partial charge in [-0.1, -0.05) is 12.1 Å². The molecule has 1 N–H and O–H groups in total. The number of benzene rings is 1. The zero-order valence-electron chi connectivity index (χ0n) is 12.1. The van der Waals surface area contributed by atoms with Crippen LogP contribution in [0.1, 0.15) is 25.8 Å². The van der Waals surface area contributed by atoms with E-state index in [9.17, 15) is 0 Å². The van der Waals surface area contributed by atoms with E-state index in [1.807, 2.05) is 38.1 Å². The van der Waals surface area contributed by atoms with E-state index in [0.717, 1.165) is 11.3 Å². The van der Waals surface area contributed by atoms with E-state index in [1.165, 1.54) is 0 Å². The van der Waals surface area contributed by atoms with Gasteiger partial charge in [0, 0.05) is 13.5 Å². The summed E-state index contributed by atoms with van der Waals surface area (Å²) in [7, 11) is 3.45. The summed E-state index contributed by atoms with van der Waals surface area (Å²) < 4.78 is 10.9. The van der Waals surface area contributed by atoms with Crippen molar-refractivity contribution in [2.24, 2.45) is 0 Å². The Hall–Kier alpha value is -1.57. The van der Waals surface area contributed by atoms with E-state index in [-0.39, 0.29) is 6.10 Å². The van der Waals surface area contributed by atoms with Crippen molar-refractivity contribution < 1.29 is 9.47 Å². The second kappa shape index (κ2) is 7.13. The van der Waals surface area contributed by atoms with Crippen LogP contribution >= 0.6 is 0 Å². The molecular formula is C15H22N2O2. The van der Waals surface area contributed by atoms with E-state index < -0.39 is 5.54 Å². The number of ether oxygens (including phenoxy) is 2. The van der Waals surface area contributed by atoms with Gasteiger partial charge in [0.15, 0.2) is 0 Å². The molecule has 19 heavy (non-hydrogen) atoms. The molecule has 2 unspecified atom stereocenters. The smallest absolute Gasteiger partial charge is 0.120 e. The maximum Gasteiger partial charge on any atom is 0.120 e. The van der Waals surface area contributed by atoms with Gasteiger partial charge in [-0.25, -0.2) is 0 Å². The fraction of sp³-hybridized carbons (Fsp3) is 0.533. The van der Waals surface area contributed by atoms with Gasteiger partial charge in [-0.15, -0.1) is 0 Å². The highest BCUT2D eigenvalue weighted by Gasteiger charge is 2.25. The first-order chi connectivity index (χ1) is 9.03. The Morgan fingerprint density at radius 1 is 1.47 bits per heavy atom. The predicted octanol–water partition coefficient (Wildman–Crippen LogP) is 2.49. The lowest BCUT2D eigenvalue weighted by atomic mass is 9.97. The molecule has 2 atom stereocenters. The van der Waals surface area contributed by atoms with Gasteiger partial charge in [-0.3, -0.25) is 0 Å². The van der Waals surface area contributed by atoms with Crippen molar-refractivity contribution in [3.8, 4) is 11.8 Å². The zero-order valence-corrected chi connectivity index (χ0v) is 12.1. The van der Waals surface area contributed by atoms with Crippen LogP contribution in [0.3, 0.4) is 0 Å². The van der Waals surface area contributed by atoms with Crippen molar-refractivity contribution in [3.63, 3.8) is 0 Å². The molecule has 0 fully saturated rings. The van der Waals surface area contributed by atoms with Crippen LogP contribution in [-0.4, -0.2) is 25.8 Å². The van der Waals surface area contributed by atoms with Crippen molar-refractivity contribution >= 4 is 0 Å². The highest BCUT2D eigenvalue weighted by Crippen LogP contribution is 2.19. The molecule has 0 saturated carbocycles. The maximum absolute atomic E-state index is 9.13. The summed E-state index contributed by atoms with van der Waals surface area (Å²) >= 11 is 0. The van der Waals surface area contributed by atoms with Crippen LogP contribution in [0.2, 0.25) is 0 Å². The molecule has 0 aliphatic carbocycles. The van der Waals surface area contributed by atoms with Crippen LogP contribution < -0.4 is 10.1 Å². The molecule has 0 radical (unpaired) electrons. The number of hydrogen-bond donors (Lipinski definition) is 1. The molecule has 0 aromatic heterocycles. The summed E-state index contributed by atoms with van der Waals surface area (Å²) in [5.74, 6) is 0.804. The number of nitrogens with zero attached hydrogens (tertiary/aromatic N) is 1. The van der Waals surface area contributed by atoms with E-state index in [2.05, 4.69) is 11.4 Å². The Bertz CT molecular complexity index is 442. The minimum Gasteiger partial charge on any atom is -0.491 e. The van der Waals surface area contributed by atoms with Crippen LogP contribution in [0, 0.1) is 11.3 Å². The maximum atomic E-state index is 9.13. The predicted molar refractivity (Wildman–Crippen MR) is 74.9 cm³/mol. The minimum absolute atomic E-state index is 0.0464. The molecule has 0 bridgehead atoms. The minimum atomic E-state index is -0.566. The van der Waals surface area contributed by atoms with Gasteiger partial charge in [-0.2, -0.15) is 5.26 Å². The fourth-order valence-electron chi connectivity index (χ4n) is 1.93. The van der Waals surface area contributed by atoms with Gasteiger partial charge in [0.1, 0.15) is 11.3 Å². The quantitative estimate of drug-likeness (QED) is 0.820. The monoisotopic (exact) mass is 262 g/mol. The summed E-state index contributed by atoms with van der Waals surface area (Å²) in [5.41, 5.74) is 0.507. The fourth-order valence-corrected chi connectivity index (χ4v) is 1.93. The van der Waals surface area contributed by atoms with Crippen molar-refractivity contribution in [2.45, 2.75) is 38.5 Å². The average Bonchev–Trinajstić information content (AvgIpc) is 2.39. The topological polar surface area (TPSA) is 54.3 Å². The van der Waals surface area contributed by atoms with Crippen molar-refractivity contribution in [1.82, 2.24) is 5.32 Å². The summed E-state index contributed by atoms with van der Waals surface area (Å²) in [5, 5.41) is 12.1. The third-order valence-corrected chi connectivity index (χ3v) is 3.04. The summed E-state index contributed by atoms with van der Waals surface area (Å²) in [6.07, 6.45) is 0.573. The highest BCUT2D eigenvalue weighted by molar-refractivity contribution is 5.28. The molecule has 1 aromatic rings. The second-order valence-electron chi connectivity index (χ2n) is 4.91. The van der Waals surface area contributed by atoms with Crippen molar-refractivity contribution in [1.29, 1.82) is 5.26 Å². The molecule has 0 amide bonds. The number of hydrogen-bond acceptors (Lipinski definition) is 4. The molecule has 4 heteroatoms. The molecule has 1 aromatic carbocycles. The first-order valence-electron chi connectivity index (χ1n) is 6.37. The van der Waals surface area contributed by atoms with Crippen LogP contribution in [0.25, 0.3) is 0 Å². The van der Waals surface area contributed by atoms with Crippen LogP contribution in [0.15, 0.2) is 24.3 Å². The summed E-state index contributed by atoms with van der Waals surface area (Å²) in [6.45, 7) is 4.40. The summed E-state index contributed by atoms with van der Waals surface area (Å²) in [6, 6.07) is 10.1. The first-order valence-corrected chi connectivity index (χ1v) is 6.37. The largest absolute Gasteiger partial charge is 0.491 e. The molecule has 0 spiro atoms. The van der Waals surface area contributed by atoms with Gasteiger partial charge >= 0.3 is 0 Å². The molecule has 104 valence electrons. The number of nitriles is 1. The van der Waals surface area contributed by atoms with E-state index in [0.29, 0.717) is 13.0 Å². The Morgan fingerprint density at radius 3 is 2.79 bits per heavy atom. The normalized spacial score (nSPS) is 15.3. The standard InChI is InChI=1S/C15H22N2O2/c1-12(9-15(2,11-16)17-3)19-14-7-5-6-13(8-14)10-18-4/h5-8,12,17H,9-10H2,1-4H3. The number of methoxy groups -OCH3 is 1. The summed E-state index contributed by atoms with van der Waals surface area (Å²) in [4.78, 5) is 0. The lowest BCUT2D eigenvalue weighted by Gasteiger charge is -2.25. The van der Waals surface area contributed by atoms with Gasteiger partial charge in [0.05, 0.1) is 18.8 Å². The lowest BCUT2D eigenvalue weighted by Crippen LogP contribution is -2.41. The van der Waals surface area contributed by atoms with Crippen molar-refractivity contribution in [2.75, 3.05) is 14.2 Å². The van der Waals surface area contributed by atoms with Gasteiger partial charge in [0.2, 0.25) is 0 Å². The van der Waals surface area contributed by atoms with Gasteiger partial charge in [-0.05, 0) is 38.6 Å². The molecule has 0 aliphatic rings. The van der Waals surface area contributed by atoms with E-state index in [1.54, 1.807) is 14.2 Å². The molecule has 0 saturated heterocycles. The SMILES string of the molecule is CNC(C)(C#N)CC(C)Oc1cccc(COC)c1. The molecule has 1 rings (SSSR count). The van der Waals surface area contributed by atoms with Crippen molar-refractivity contribution in [3.05, 3.63) is 29.8 Å². The lowest BCUT2D eigenvalue weighted by molar-refractivity contribution is 0.176. The zero-order chi connectivity index (χ0) is 14.3. The second-order valence-corrected chi connectivity index (χ2v) is 4.91. The Kier molecular flexibility index (Phi) is 5.81. The molecule has 4 nitrogen and oxygen atoms in total. The number of rotatable bonds is 7. The van der Waals surface area contributed by atoms with Gasteiger partial charge in [0.25, 0.3) is 0 Å². The Morgan fingerprint density at radius 2 is 2.21 bits per heavy atom. The highest BCUT2D eigenvalue weighted by atomic mass is 16.5. The first kappa shape index (κ1) is 15.5. The van der Waals surface area contributed by atoms with Gasteiger partial charge < -0.3 is 14.8 Å².